The van der Waals surface area contributed by atoms with Crippen LogP contribution in [0.4, 0.5) is 8.78 Å². The van der Waals surface area contributed by atoms with Gasteiger partial charge in [-0.15, -0.1) is 0 Å². The van der Waals surface area contributed by atoms with Crippen LogP contribution in [0.25, 0.3) is 5.69 Å². The van der Waals surface area contributed by atoms with Crippen LogP contribution in [0.1, 0.15) is 44.5 Å². The second kappa shape index (κ2) is 11.2. The molecule has 0 spiro atoms. The van der Waals surface area contributed by atoms with Crippen LogP contribution in [-0.4, -0.2) is 26.2 Å². The number of imidazole rings is 1. The smallest absolute Gasteiger partial charge is 0.347 e. The second-order valence-corrected chi connectivity index (χ2v) is 11.7. The lowest BCUT2D eigenvalue weighted by molar-refractivity contribution is -0.152. The molecule has 1 aromatic heterocycles. The molecule has 0 amide bonds. The Morgan fingerprint density at radius 2 is 1.64 bits per heavy atom. The molecule has 39 heavy (non-hydrogen) atoms. The van der Waals surface area contributed by atoms with Crippen molar-refractivity contribution in [1.29, 1.82) is 0 Å². The van der Waals surface area contributed by atoms with Gasteiger partial charge >= 0.3 is 5.97 Å². The molecule has 1 heterocycles. The number of hydrogen-bond donors (Lipinski definition) is 1. The molecule has 0 saturated heterocycles. The molecule has 3 aromatic carbocycles. The lowest BCUT2D eigenvalue weighted by Gasteiger charge is -2.28. The number of carbonyl (C=O) groups is 1. The summed E-state index contributed by atoms with van der Waals surface area (Å²) in [6.07, 6.45) is 1.75. The van der Waals surface area contributed by atoms with E-state index in [1.54, 1.807) is 36.5 Å². The van der Waals surface area contributed by atoms with E-state index in [0.29, 0.717) is 21.6 Å². The molecule has 5 nitrogen and oxygen atoms in total. The summed E-state index contributed by atoms with van der Waals surface area (Å²) in [5, 5.41) is 10.6. The molecular formula is C29H26Cl2F2N2O3S. The number of aliphatic carboxylic acids is 1. The van der Waals surface area contributed by atoms with Crippen molar-refractivity contribution in [2.75, 3.05) is 0 Å². The highest BCUT2D eigenvalue weighted by atomic mass is 35.5. The molecule has 4 rings (SSSR count). The summed E-state index contributed by atoms with van der Waals surface area (Å²) in [4.78, 5) is 16.2. The van der Waals surface area contributed by atoms with Crippen LogP contribution >= 0.6 is 35.0 Å². The lowest BCUT2D eigenvalue weighted by Crippen LogP contribution is -2.38. The molecule has 0 atom stereocenters. The first kappa shape index (κ1) is 28.9. The fourth-order valence-corrected chi connectivity index (χ4v) is 5.47. The molecule has 0 aliphatic heterocycles. The minimum absolute atomic E-state index is 0.253. The number of carboxylic acids is 1. The van der Waals surface area contributed by atoms with E-state index in [1.807, 2.05) is 24.5 Å². The molecule has 0 saturated carbocycles. The van der Waals surface area contributed by atoms with E-state index in [4.69, 9.17) is 27.9 Å². The highest BCUT2D eigenvalue weighted by Crippen LogP contribution is 2.40. The van der Waals surface area contributed by atoms with Crippen LogP contribution in [0.15, 0.2) is 72.0 Å². The topological polar surface area (TPSA) is 64.4 Å². The Hall–Kier alpha value is -3.07. The van der Waals surface area contributed by atoms with Crippen LogP contribution in [0.2, 0.25) is 10.0 Å². The predicted octanol–water partition coefficient (Wildman–Crippen LogP) is 8.32. The Kier molecular flexibility index (Phi) is 8.30. The zero-order valence-electron chi connectivity index (χ0n) is 21.6. The highest BCUT2D eigenvalue weighted by Gasteiger charge is 2.33. The van der Waals surface area contributed by atoms with Gasteiger partial charge in [0.25, 0.3) is 0 Å². The van der Waals surface area contributed by atoms with Crippen molar-refractivity contribution < 1.29 is 23.4 Å². The molecular weight excluding hydrogens is 565 g/mol. The third-order valence-electron chi connectivity index (χ3n) is 6.36. The van der Waals surface area contributed by atoms with Gasteiger partial charge in [0.1, 0.15) is 17.4 Å². The lowest BCUT2D eigenvalue weighted by atomic mass is 9.81. The predicted molar refractivity (Wildman–Crippen MR) is 150 cm³/mol. The summed E-state index contributed by atoms with van der Waals surface area (Å²) in [6, 6.07) is 15.6. The van der Waals surface area contributed by atoms with Crippen molar-refractivity contribution in [2.24, 2.45) is 0 Å². The van der Waals surface area contributed by atoms with Gasteiger partial charge in [0.15, 0.2) is 10.8 Å². The number of rotatable bonds is 9. The summed E-state index contributed by atoms with van der Waals surface area (Å²) in [6.45, 7) is 6.90. The Bertz CT molecular complexity index is 1520. The Morgan fingerprint density at radius 1 is 0.974 bits per heavy atom. The molecule has 204 valence electrons. The van der Waals surface area contributed by atoms with E-state index in [9.17, 15) is 18.7 Å². The van der Waals surface area contributed by atoms with Crippen molar-refractivity contribution in [3.05, 3.63) is 105 Å². The molecule has 0 bridgehead atoms. The number of halogens is 4. The first-order valence-electron chi connectivity index (χ1n) is 11.9. The number of nitrogens with zero attached hydrogens (tertiary/aromatic N) is 2. The molecule has 4 aromatic rings. The van der Waals surface area contributed by atoms with Gasteiger partial charge in [-0.3, -0.25) is 4.57 Å². The molecule has 0 aliphatic carbocycles. The van der Waals surface area contributed by atoms with Gasteiger partial charge in [-0.25, -0.2) is 18.6 Å². The van der Waals surface area contributed by atoms with Crippen molar-refractivity contribution in [3.63, 3.8) is 0 Å². The molecule has 10 heteroatoms. The van der Waals surface area contributed by atoms with Crippen molar-refractivity contribution in [1.82, 2.24) is 9.55 Å². The first-order valence-corrected chi connectivity index (χ1v) is 13.7. The maximum Gasteiger partial charge on any atom is 0.347 e. The number of benzene rings is 3. The fourth-order valence-electron chi connectivity index (χ4n) is 3.94. The molecule has 0 fully saturated rings. The molecule has 0 aliphatic rings. The van der Waals surface area contributed by atoms with Crippen molar-refractivity contribution >= 4 is 40.9 Å². The fraction of sp³-hybridized carbons (Fsp3) is 0.241. The van der Waals surface area contributed by atoms with E-state index in [2.05, 4.69) is 4.98 Å². The quantitative estimate of drug-likeness (QED) is 0.198. The first-order chi connectivity index (χ1) is 18.3. The van der Waals surface area contributed by atoms with E-state index >= 15 is 0 Å². The SMILES string of the molecule is CC(C)(Oc1ccc(C(C)(C)c2cnc(SCc3ccc(F)cc3Cl)n2-c2ccc(F)cc2)cc1Cl)C(=O)O. The molecule has 0 radical (unpaired) electrons. The Labute approximate surface area is 239 Å². The van der Waals surface area contributed by atoms with Gasteiger partial charge in [0.2, 0.25) is 0 Å². The third kappa shape index (κ3) is 6.24. The average Bonchev–Trinajstić information content (AvgIpc) is 3.30. The summed E-state index contributed by atoms with van der Waals surface area (Å²) in [7, 11) is 0. The Morgan fingerprint density at radius 3 is 2.26 bits per heavy atom. The van der Waals surface area contributed by atoms with Crippen LogP contribution in [0, 0.1) is 11.6 Å². The van der Waals surface area contributed by atoms with Crippen LogP contribution in [0.5, 0.6) is 5.75 Å². The zero-order valence-corrected chi connectivity index (χ0v) is 24.0. The summed E-state index contributed by atoms with van der Waals surface area (Å²) in [5.74, 6) is -1.19. The van der Waals surface area contributed by atoms with Crippen LogP contribution in [-0.2, 0) is 16.0 Å². The van der Waals surface area contributed by atoms with Crippen molar-refractivity contribution in [2.45, 2.75) is 49.6 Å². The van der Waals surface area contributed by atoms with Gasteiger partial charge in [0, 0.05) is 21.9 Å². The highest BCUT2D eigenvalue weighted by molar-refractivity contribution is 7.98. The third-order valence-corrected chi connectivity index (χ3v) is 8.01. The summed E-state index contributed by atoms with van der Waals surface area (Å²) in [5.41, 5.74) is 0.995. The maximum absolute atomic E-state index is 13.8. The van der Waals surface area contributed by atoms with Gasteiger partial charge in [-0.05, 0) is 73.5 Å². The van der Waals surface area contributed by atoms with E-state index < -0.39 is 22.8 Å². The second-order valence-electron chi connectivity index (χ2n) is 9.95. The minimum atomic E-state index is -1.46. The largest absolute Gasteiger partial charge is 0.478 e. The van der Waals surface area contributed by atoms with Crippen LogP contribution < -0.4 is 4.74 Å². The normalized spacial score (nSPS) is 12.0. The summed E-state index contributed by atoms with van der Waals surface area (Å²) >= 11 is 14.2. The minimum Gasteiger partial charge on any atom is -0.478 e. The number of ether oxygens (including phenoxy) is 1. The number of aromatic nitrogens is 2. The summed E-state index contributed by atoms with van der Waals surface area (Å²) < 4.78 is 34.9. The Balaban J connectivity index is 1.73. The van der Waals surface area contributed by atoms with E-state index in [1.165, 1.54) is 49.9 Å². The van der Waals surface area contributed by atoms with Gasteiger partial charge in [-0.1, -0.05) is 60.9 Å². The van der Waals surface area contributed by atoms with Gasteiger partial charge < -0.3 is 9.84 Å². The zero-order chi connectivity index (χ0) is 28.5. The van der Waals surface area contributed by atoms with Gasteiger partial charge in [-0.2, -0.15) is 0 Å². The van der Waals surface area contributed by atoms with E-state index in [-0.39, 0.29) is 16.6 Å². The van der Waals surface area contributed by atoms with Gasteiger partial charge in [0.05, 0.1) is 16.9 Å². The standard InChI is InChI=1S/C29H26Cl2F2N2O3S/c1-28(2,18-6-12-24(23(31)13-18)38-29(3,4)26(36)37)25-15-34-27(35(25)21-10-8-19(32)9-11-21)39-16-17-5-7-20(33)14-22(17)30/h5-15H,16H2,1-4H3,(H,36,37). The van der Waals surface area contributed by atoms with Crippen molar-refractivity contribution in [3.8, 4) is 11.4 Å². The molecule has 1 N–H and O–H groups in total. The number of carboxylic acid groups (broad SMARTS) is 1. The maximum atomic E-state index is 13.8. The van der Waals surface area contributed by atoms with E-state index in [0.717, 1.165) is 16.8 Å². The van der Waals surface area contributed by atoms with Crippen LogP contribution in [0.3, 0.4) is 0 Å². The number of thioether (sulfide) groups is 1. The molecule has 0 unspecified atom stereocenters. The number of hydrogen-bond acceptors (Lipinski definition) is 4. The monoisotopic (exact) mass is 590 g/mol. The average molecular weight is 592 g/mol.